The first-order valence-electron chi connectivity index (χ1n) is 6.74. The minimum absolute atomic E-state index is 0.0513. The lowest BCUT2D eigenvalue weighted by molar-refractivity contribution is -0.117. The van der Waals surface area contributed by atoms with Gasteiger partial charge in [-0.3, -0.25) is 9.79 Å². The van der Waals surface area contributed by atoms with Gasteiger partial charge in [-0.05, 0) is 17.7 Å². The van der Waals surface area contributed by atoms with Crippen LogP contribution in [0.5, 0.6) is 0 Å². The molecule has 0 heterocycles. The van der Waals surface area contributed by atoms with Gasteiger partial charge in [-0.25, -0.2) is 4.39 Å². The van der Waals surface area contributed by atoms with Crippen molar-refractivity contribution in [2.45, 2.75) is 6.42 Å². The molecule has 2 N–H and O–H groups in total. The number of carbonyl (C=O) groups is 1. The number of halogens is 2. The third-order valence-electron chi connectivity index (χ3n) is 2.93. The number of amides is 1. The number of hydrogen-bond acceptors (Lipinski definition) is 4. The smallest absolute Gasteiger partial charge is 0.256 e. The van der Waals surface area contributed by atoms with Crippen molar-refractivity contribution in [1.29, 1.82) is 0 Å². The molecule has 5 nitrogen and oxygen atoms in total. The Kier molecular flexibility index (Phi) is 7.83. The van der Waals surface area contributed by atoms with E-state index < -0.39 is 5.91 Å². The van der Waals surface area contributed by atoms with Crippen LogP contribution in [-0.4, -0.2) is 37.9 Å². The summed E-state index contributed by atoms with van der Waals surface area (Å²) in [5.41, 5.74) is 0.611. The predicted octanol–water partition coefficient (Wildman–Crippen LogP) is 3.08. The molecule has 1 aliphatic rings. The van der Waals surface area contributed by atoms with E-state index in [0.717, 1.165) is 0 Å². The van der Waals surface area contributed by atoms with E-state index in [2.05, 4.69) is 10.3 Å². The van der Waals surface area contributed by atoms with E-state index in [9.17, 15) is 9.18 Å². The zero-order valence-electron chi connectivity index (χ0n) is 12.8. The first-order valence-corrected chi connectivity index (χ1v) is 7.11. The van der Waals surface area contributed by atoms with Crippen LogP contribution in [0, 0.1) is 0 Å². The number of nitrogens with one attached hydrogen (secondary N) is 1. The Morgan fingerprint density at radius 2 is 2.30 bits per heavy atom. The maximum absolute atomic E-state index is 13.6. The second-order valence-corrected chi connectivity index (χ2v) is 4.84. The standard InChI is InChI=1S/C16H18ClFN2O3/c1-19-8-7-13(17)12(10-21)16(22)20-9-11-3-5-14(18)15(23-2)6-4-11/h3-4,6-8,10,21H,5,9H2,1-2H3,(H,20,22)/b12-10-,13-7+,19-8-. The Bertz CT molecular complexity index is 631. The summed E-state index contributed by atoms with van der Waals surface area (Å²) in [5.74, 6) is -0.786. The van der Waals surface area contributed by atoms with E-state index >= 15 is 0 Å². The van der Waals surface area contributed by atoms with Crippen LogP contribution in [0.2, 0.25) is 0 Å². The Hall–Kier alpha value is -2.34. The van der Waals surface area contributed by atoms with E-state index in [1.165, 1.54) is 25.5 Å². The number of methoxy groups -OCH3 is 1. The largest absolute Gasteiger partial charge is 0.515 e. The van der Waals surface area contributed by atoms with Crippen molar-refractivity contribution < 1.29 is 19.0 Å². The monoisotopic (exact) mass is 340 g/mol. The molecule has 0 aromatic heterocycles. The molecular weight excluding hydrogens is 323 g/mol. The molecule has 0 saturated carbocycles. The molecule has 23 heavy (non-hydrogen) atoms. The average molecular weight is 341 g/mol. The minimum Gasteiger partial charge on any atom is -0.515 e. The number of allylic oxidation sites excluding steroid dienone is 4. The minimum atomic E-state index is -0.558. The van der Waals surface area contributed by atoms with Crippen LogP contribution in [0.15, 0.2) is 63.3 Å². The molecule has 0 saturated heterocycles. The molecule has 0 bridgehead atoms. The highest BCUT2D eigenvalue weighted by Gasteiger charge is 2.14. The molecule has 0 atom stereocenters. The second-order valence-electron chi connectivity index (χ2n) is 4.44. The maximum atomic E-state index is 13.6. The summed E-state index contributed by atoms with van der Waals surface area (Å²) in [4.78, 5) is 15.7. The summed E-state index contributed by atoms with van der Waals surface area (Å²) in [6.45, 7) is 0.156. The second kappa shape index (κ2) is 9.63. The summed E-state index contributed by atoms with van der Waals surface area (Å²) in [5, 5.41) is 11.8. The highest BCUT2D eigenvalue weighted by molar-refractivity contribution is 6.36. The van der Waals surface area contributed by atoms with Crippen LogP contribution < -0.4 is 5.32 Å². The van der Waals surface area contributed by atoms with E-state index in [4.69, 9.17) is 21.4 Å². The number of ether oxygens (including phenoxy) is 1. The summed E-state index contributed by atoms with van der Waals surface area (Å²) in [6, 6.07) is 0. The summed E-state index contributed by atoms with van der Waals surface area (Å²) in [7, 11) is 2.94. The number of aliphatic hydroxyl groups excluding tert-OH is 1. The number of aliphatic hydroxyl groups is 1. The molecule has 0 aromatic carbocycles. The van der Waals surface area contributed by atoms with Crippen LogP contribution in [0.3, 0.4) is 0 Å². The van der Waals surface area contributed by atoms with Crippen molar-refractivity contribution in [2.75, 3.05) is 20.7 Å². The summed E-state index contributed by atoms with van der Waals surface area (Å²) < 4.78 is 18.5. The fourth-order valence-corrected chi connectivity index (χ4v) is 1.90. The third-order valence-corrected chi connectivity index (χ3v) is 3.26. The molecule has 0 unspecified atom stereocenters. The molecule has 0 aromatic rings. The van der Waals surface area contributed by atoms with Gasteiger partial charge in [0.15, 0.2) is 5.76 Å². The molecule has 1 rings (SSSR count). The van der Waals surface area contributed by atoms with Crippen molar-refractivity contribution in [3.8, 4) is 0 Å². The number of rotatable bonds is 6. The zero-order chi connectivity index (χ0) is 17.2. The Morgan fingerprint density at radius 1 is 1.57 bits per heavy atom. The van der Waals surface area contributed by atoms with Gasteiger partial charge >= 0.3 is 0 Å². The van der Waals surface area contributed by atoms with Gasteiger partial charge in [-0.1, -0.05) is 23.8 Å². The normalized spacial score (nSPS) is 16.4. The Morgan fingerprint density at radius 3 is 2.91 bits per heavy atom. The van der Waals surface area contributed by atoms with Crippen molar-refractivity contribution in [3.05, 3.63) is 58.3 Å². The molecule has 0 radical (unpaired) electrons. The first-order chi connectivity index (χ1) is 11.0. The average Bonchev–Trinajstić information content (AvgIpc) is 2.73. The van der Waals surface area contributed by atoms with Gasteiger partial charge in [0.2, 0.25) is 0 Å². The van der Waals surface area contributed by atoms with Gasteiger partial charge < -0.3 is 15.2 Å². The summed E-state index contributed by atoms with van der Waals surface area (Å²) >= 11 is 5.90. The Balaban J connectivity index is 2.70. The topological polar surface area (TPSA) is 70.9 Å². The van der Waals surface area contributed by atoms with E-state index in [-0.39, 0.29) is 35.2 Å². The molecule has 0 spiro atoms. The van der Waals surface area contributed by atoms with Gasteiger partial charge in [0.1, 0.15) is 5.83 Å². The molecule has 7 heteroatoms. The van der Waals surface area contributed by atoms with Crippen LogP contribution in [0.1, 0.15) is 6.42 Å². The molecule has 1 amide bonds. The number of aliphatic imine (C=N–C) groups is 1. The number of hydrogen-bond donors (Lipinski definition) is 2. The molecule has 0 fully saturated rings. The quantitative estimate of drug-likeness (QED) is 0.338. The Labute approximate surface area is 139 Å². The summed E-state index contributed by atoms with van der Waals surface area (Å²) in [6.07, 6.45) is 8.27. The van der Waals surface area contributed by atoms with Gasteiger partial charge in [0, 0.05) is 26.2 Å². The fraction of sp³-hybridized carbons (Fsp3) is 0.250. The van der Waals surface area contributed by atoms with Crippen LogP contribution in [0.4, 0.5) is 4.39 Å². The van der Waals surface area contributed by atoms with Crippen LogP contribution in [0.25, 0.3) is 0 Å². The van der Waals surface area contributed by atoms with Gasteiger partial charge in [0.25, 0.3) is 5.91 Å². The highest BCUT2D eigenvalue weighted by atomic mass is 35.5. The lowest BCUT2D eigenvalue weighted by Gasteiger charge is -2.07. The lowest BCUT2D eigenvalue weighted by atomic mass is 10.2. The highest BCUT2D eigenvalue weighted by Crippen LogP contribution is 2.19. The third kappa shape index (κ3) is 5.75. The molecular formula is C16H18ClFN2O3. The number of carbonyl (C=O) groups excluding carboxylic acids is 1. The van der Waals surface area contributed by atoms with Crippen molar-refractivity contribution in [1.82, 2.24) is 5.32 Å². The van der Waals surface area contributed by atoms with E-state index in [1.54, 1.807) is 19.2 Å². The van der Waals surface area contributed by atoms with Crippen molar-refractivity contribution in [3.63, 3.8) is 0 Å². The number of nitrogens with zero attached hydrogens (tertiary/aromatic N) is 1. The van der Waals surface area contributed by atoms with Crippen molar-refractivity contribution >= 4 is 23.7 Å². The predicted molar refractivity (Wildman–Crippen MR) is 89.1 cm³/mol. The first kappa shape index (κ1) is 18.7. The van der Waals surface area contributed by atoms with Crippen molar-refractivity contribution in [2.24, 2.45) is 4.99 Å². The zero-order valence-corrected chi connectivity index (χ0v) is 13.6. The lowest BCUT2D eigenvalue weighted by Crippen LogP contribution is -2.27. The SMILES string of the molecule is C\N=C/C=C(Cl)\C(=C\O)C(=O)NCC1=CCC(F)=C(OC)C=C1. The van der Waals surface area contributed by atoms with E-state index in [0.29, 0.717) is 11.8 Å². The van der Waals surface area contributed by atoms with Crippen LogP contribution in [-0.2, 0) is 9.53 Å². The molecule has 124 valence electrons. The maximum Gasteiger partial charge on any atom is 0.256 e. The van der Waals surface area contributed by atoms with Crippen LogP contribution >= 0.6 is 11.6 Å². The molecule has 1 aliphatic carbocycles. The fourth-order valence-electron chi connectivity index (χ4n) is 1.71. The van der Waals surface area contributed by atoms with Gasteiger partial charge in [-0.2, -0.15) is 0 Å². The van der Waals surface area contributed by atoms with Gasteiger partial charge in [0.05, 0.1) is 24.0 Å². The molecule has 0 aliphatic heterocycles. The van der Waals surface area contributed by atoms with Gasteiger partial charge in [-0.15, -0.1) is 0 Å². The van der Waals surface area contributed by atoms with E-state index in [1.807, 2.05) is 0 Å².